The topological polar surface area (TPSA) is 87.4 Å². The number of hydrogen-bond donors (Lipinski definition) is 1. The van der Waals surface area contributed by atoms with Crippen molar-refractivity contribution in [3.05, 3.63) is 49.1 Å². The van der Waals surface area contributed by atoms with E-state index >= 15 is 0 Å². The third-order valence-corrected chi connectivity index (χ3v) is 3.79. The number of imidazole rings is 1. The summed E-state index contributed by atoms with van der Waals surface area (Å²) in [6, 6.07) is 10.1. The molecule has 114 valence electrons. The van der Waals surface area contributed by atoms with Crippen molar-refractivity contribution in [1.82, 2.24) is 29.3 Å². The highest BCUT2D eigenvalue weighted by Crippen LogP contribution is 2.29. The monoisotopic (exact) mass is 305 g/mol. The summed E-state index contributed by atoms with van der Waals surface area (Å²) < 4.78 is 3.61. The lowest BCUT2D eigenvalue weighted by Crippen LogP contribution is -2.10. The molecule has 3 aromatic heterocycles. The van der Waals surface area contributed by atoms with Crippen molar-refractivity contribution < 1.29 is 0 Å². The van der Waals surface area contributed by atoms with Gasteiger partial charge in [0.2, 0.25) is 11.9 Å². The maximum atomic E-state index is 5.89. The van der Waals surface area contributed by atoms with E-state index in [9.17, 15) is 0 Å². The maximum absolute atomic E-state index is 5.89. The Labute approximate surface area is 132 Å². The summed E-state index contributed by atoms with van der Waals surface area (Å²) in [5, 5.41) is 4.17. The minimum atomic E-state index is 0.309. The molecule has 0 saturated carbocycles. The molecule has 0 aliphatic rings. The van der Waals surface area contributed by atoms with E-state index in [0.29, 0.717) is 11.9 Å². The number of nitrogens with zero attached hydrogens (tertiary/aromatic N) is 6. The van der Waals surface area contributed by atoms with E-state index in [-0.39, 0.29) is 0 Å². The summed E-state index contributed by atoms with van der Waals surface area (Å²) in [5.74, 6) is 0.951. The Kier molecular flexibility index (Phi) is 3.04. The standard InChI is InChI=1S/C16H15N7/c1-2-22-14-12(11-6-4-3-5-7-11)8-18-9-13(14)21-16(22)23-15(17)19-10-20-23/h3-10H,2H2,1H3,(H2,17,19,20). The lowest BCUT2D eigenvalue weighted by atomic mass is 10.1. The van der Waals surface area contributed by atoms with Gasteiger partial charge in [0.05, 0.1) is 11.7 Å². The maximum Gasteiger partial charge on any atom is 0.235 e. The molecular formula is C16H15N7. The smallest absolute Gasteiger partial charge is 0.235 e. The minimum Gasteiger partial charge on any atom is -0.368 e. The Bertz CT molecular complexity index is 969. The number of nitrogens with two attached hydrogens (primary N) is 1. The van der Waals surface area contributed by atoms with Crippen LogP contribution in [-0.4, -0.2) is 29.3 Å². The van der Waals surface area contributed by atoms with Crippen LogP contribution >= 0.6 is 0 Å². The predicted molar refractivity (Wildman–Crippen MR) is 88.0 cm³/mol. The molecule has 4 rings (SSSR count). The molecule has 0 saturated heterocycles. The zero-order valence-electron chi connectivity index (χ0n) is 12.6. The third-order valence-electron chi connectivity index (χ3n) is 3.79. The number of rotatable bonds is 3. The normalized spacial score (nSPS) is 11.2. The van der Waals surface area contributed by atoms with Gasteiger partial charge in [0.15, 0.2) is 0 Å². The fraction of sp³-hybridized carbons (Fsp3) is 0.125. The number of nitrogen functional groups attached to an aromatic ring is 1. The number of aryl methyl sites for hydroxylation is 1. The second kappa shape index (κ2) is 5.20. The van der Waals surface area contributed by atoms with Gasteiger partial charge in [0.25, 0.3) is 0 Å². The SMILES string of the molecule is CCn1c(-n2ncnc2N)nc2cncc(-c3ccccc3)c21. The molecule has 0 aliphatic heterocycles. The molecule has 1 aromatic carbocycles. The first-order valence-electron chi connectivity index (χ1n) is 7.35. The van der Waals surface area contributed by atoms with Crippen molar-refractivity contribution >= 4 is 17.0 Å². The quantitative estimate of drug-likeness (QED) is 0.627. The summed E-state index contributed by atoms with van der Waals surface area (Å²) in [7, 11) is 0. The van der Waals surface area contributed by atoms with Crippen LogP contribution in [0, 0.1) is 0 Å². The van der Waals surface area contributed by atoms with E-state index in [1.54, 1.807) is 6.20 Å². The van der Waals surface area contributed by atoms with Crippen LogP contribution in [0.2, 0.25) is 0 Å². The number of anilines is 1. The van der Waals surface area contributed by atoms with Crippen LogP contribution in [0.3, 0.4) is 0 Å². The van der Waals surface area contributed by atoms with Crippen molar-refractivity contribution in [2.45, 2.75) is 13.5 Å². The molecular weight excluding hydrogens is 290 g/mol. The summed E-state index contributed by atoms with van der Waals surface area (Å²) in [6.45, 7) is 2.79. The number of benzene rings is 1. The Morgan fingerprint density at radius 1 is 1.13 bits per heavy atom. The van der Waals surface area contributed by atoms with Gasteiger partial charge < -0.3 is 10.3 Å². The molecule has 0 atom stereocenters. The van der Waals surface area contributed by atoms with E-state index < -0.39 is 0 Å². The van der Waals surface area contributed by atoms with Gasteiger partial charge in [0, 0.05) is 18.3 Å². The molecule has 2 N–H and O–H groups in total. The van der Waals surface area contributed by atoms with Gasteiger partial charge in [0.1, 0.15) is 11.8 Å². The molecule has 0 fully saturated rings. The van der Waals surface area contributed by atoms with Crippen LogP contribution < -0.4 is 5.73 Å². The van der Waals surface area contributed by atoms with Crippen molar-refractivity contribution in [2.24, 2.45) is 0 Å². The van der Waals surface area contributed by atoms with Crippen molar-refractivity contribution in [1.29, 1.82) is 0 Å². The first-order chi connectivity index (χ1) is 11.3. The second-order valence-corrected chi connectivity index (χ2v) is 5.11. The molecule has 0 amide bonds. The van der Waals surface area contributed by atoms with Crippen LogP contribution in [0.1, 0.15) is 6.92 Å². The van der Waals surface area contributed by atoms with Crippen LogP contribution in [0.25, 0.3) is 28.1 Å². The fourth-order valence-corrected chi connectivity index (χ4v) is 2.77. The van der Waals surface area contributed by atoms with Gasteiger partial charge in [-0.15, -0.1) is 0 Å². The lowest BCUT2D eigenvalue weighted by molar-refractivity contribution is 0.706. The first kappa shape index (κ1) is 13.4. The van der Waals surface area contributed by atoms with Crippen LogP contribution in [0.4, 0.5) is 5.95 Å². The molecule has 0 spiro atoms. The number of fused-ring (bicyclic) bond motifs is 1. The molecule has 0 radical (unpaired) electrons. The molecule has 3 heterocycles. The highest BCUT2D eigenvalue weighted by molar-refractivity contribution is 5.92. The average molecular weight is 305 g/mol. The second-order valence-electron chi connectivity index (χ2n) is 5.11. The molecule has 4 aromatic rings. The van der Waals surface area contributed by atoms with E-state index in [1.807, 2.05) is 24.4 Å². The lowest BCUT2D eigenvalue weighted by Gasteiger charge is -2.09. The Hall–Kier alpha value is -3.22. The highest BCUT2D eigenvalue weighted by Gasteiger charge is 2.17. The van der Waals surface area contributed by atoms with Gasteiger partial charge >= 0.3 is 0 Å². The van der Waals surface area contributed by atoms with Crippen LogP contribution in [0.15, 0.2) is 49.1 Å². The van der Waals surface area contributed by atoms with E-state index in [0.717, 1.165) is 28.7 Å². The van der Waals surface area contributed by atoms with E-state index in [1.165, 1.54) is 11.0 Å². The Morgan fingerprint density at radius 3 is 2.65 bits per heavy atom. The number of hydrogen-bond acceptors (Lipinski definition) is 5. The van der Waals surface area contributed by atoms with Crippen molar-refractivity contribution in [2.75, 3.05) is 5.73 Å². The summed E-state index contributed by atoms with van der Waals surface area (Å²) in [4.78, 5) is 13.0. The zero-order chi connectivity index (χ0) is 15.8. The van der Waals surface area contributed by atoms with Gasteiger partial charge in [-0.25, -0.2) is 4.98 Å². The minimum absolute atomic E-state index is 0.309. The van der Waals surface area contributed by atoms with Crippen LogP contribution in [0.5, 0.6) is 0 Å². The first-order valence-corrected chi connectivity index (χ1v) is 7.35. The molecule has 0 unspecified atom stereocenters. The van der Waals surface area contributed by atoms with E-state index in [4.69, 9.17) is 5.73 Å². The van der Waals surface area contributed by atoms with Crippen molar-refractivity contribution in [3.8, 4) is 17.1 Å². The average Bonchev–Trinajstić information content (AvgIpc) is 3.17. The van der Waals surface area contributed by atoms with Gasteiger partial charge in [-0.05, 0) is 12.5 Å². The molecule has 0 aliphatic carbocycles. The van der Waals surface area contributed by atoms with Crippen molar-refractivity contribution in [3.63, 3.8) is 0 Å². The largest absolute Gasteiger partial charge is 0.368 e. The molecule has 7 heteroatoms. The summed E-state index contributed by atoms with van der Waals surface area (Å²) >= 11 is 0. The van der Waals surface area contributed by atoms with Gasteiger partial charge in [-0.2, -0.15) is 14.8 Å². The molecule has 23 heavy (non-hydrogen) atoms. The third kappa shape index (κ3) is 2.05. The van der Waals surface area contributed by atoms with Crippen LogP contribution in [-0.2, 0) is 6.54 Å². The summed E-state index contributed by atoms with van der Waals surface area (Å²) in [5.41, 5.74) is 9.83. The number of aromatic nitrogens is 6. The predicted octanol–water partition coefficient (Wildman–Crippen LogP) is 2.28. The number of pyridine rings is 1. The van der Waals surface area contributed by atoms with Gasteiger partial charge in [-0.1, -0.05) is 30.3 Å². The van der Waals surface area contributed by atoms with Gasteiger partial charge in [-0.3, -0.25) is 4.98 Å². The Morgan fingerprint density at radius 2 is 1.96 bits per heavy atom. The Balaban J connectivity index is 2.05. The fourth-order valence-electron chi connectivity index (χ4n) is 2.77. The molecule has 7 nitrogen and oxygen atoms in total. The molecule has 0 bridgehead atoms. The summed E-state index contributed by atoms with van der Waals surface area (Å²) in [6.07, 6.45) is 5.04. The zero-order valence-corrected chi connectivity index (χ0v) is 12.6. The van der Waals surface area contributed by atoms with E-state index in [2.05, 4.69) is 43.7 Å². The highest BCUT2D eigenvalue weighted by atomic mass is 15.4.